The molecule has 2 heterocycles. The minimum Gasteiger partial charge on any atom is -0.474 e. The second-order valence-corrected chi connectivity index (χ2v) is 9.84. The smallest absolute Gasteiger partial charge is 0.353 e. The van der Waals surface area contributed by atoms with Crippen molar-refractivity contribution in [1.82, 2.24) is 9.78 Å². The lowest BCUT2D eigenvalue weighted by atomic mass is 9.98. The summed E-state index contributed by atoms with van der Waals surface area (Å²) in [6.07, 6.45) is 2.24. The van der Waals surface area contributed by atoms with E-state index in [1.165, 1.54) is 6.20 Å². The Morgan fingerprint density at radius 3 is 2.83 bits per heavy atom. The van der Waals surface area contributed by atoms with E-state index in [4.69, 9.17) is 4.74 Å². The van der Waals surface area contributed by atoms with Crippen molar-refractivity contribution < 1.29 is 22.5 Å². The van der Waals surface area contributed by atoms with Crippen molar-refractivity contribution in [1.29, 1.82) is 0 Å². The standard InChI is InChI=1S/C20H22F2N4O3S/c1-20(2)9-29-18-15(8-23-26(18)20)30(28)25-19(27)24-17-12-5-3-4-11(12)16(22)13-6-10(21)7-14(13)17/h8,10,30H,3-7,9H2,1-2H3,(H,24,27)/t10-/m0/s1. The molecular weight excluding hydrogens is 414 g/mol. The average Bonchev–Trinajstić information content (AvgIpc) is 3.43. The average molecular weight is 436 g/mol. The highest BCUT2D eigenvalue weighted by Crippen LogP contribution is 2.41. The summed E-state index contributed by atoms with van der Waals surface area (Å²) in [6.45, 7) is 4.26. The van der Waals surface area contributed by atoms with Gasteiger partial charge in [-0.15, -0.1) is 4.36 Å². The lowest BCUT2D eigenvalue weighted by Gasteiger charge is -2.15. The molecule has 1 unspecified atom stereocenters. The molecule has 2 aliphatic carbocycles. The molecule has 0 saturated carbocycles. The highest BCUT2D eigenvalue weighted by atomic mass is 32.2. The van der Waals surface area contributed by atoms with Gasteiger partial charge in [0.15, 0.2) is 0 Å². The number of nitrogens with one attached hydrogen (secondary N) is 1. The first kappa shape index (κ1) is 19.5. The largest absolute Gasteiger partial charge is 0.474 e. The molecule has 0 fully saturated rings. The Balaban J connectivity index is 1.47. The summed E-state index contributed by atoms with van der Waals surface area (Å²) in [7, 11) is -2.44. The minimum atomic E-state index is -2.44. The van der Waals surface area contributed by atoms with Crippen LogP contribution in [-0.4, -0.2) is 32.8 Å². The second kappa shape index (κ2) is 6.76. The number of hydrogen-bond donors (Lipinski definition) is 2. The normalized spacial score (nSPS) is 21.8. The number of ether oxygens (including phenoxy) is 1. The van der Waals surface area contributed by atoms with Gasteiger partial charge in [0, 0.05) is 18.5 Å². The first-order chi connectivity index (χ1) is 14.3. The van der Waals surface area contributed by atoms with Crippen LogP contribution in [0.15, 0.2) is 15.5 Å². The van der Waals surface area contributed by atoms with Crippen LogP contribution in [0.25, 0.3) is 0 Å². The predicted octanol–water partition coefficient (Wildman–Crippen LogP) is 3.33. The summed E-state index contributed by atoms with van der Waals surface area (Å²) in [5, 5.41) is 6.88. The molecule has 7 nitrogen and oxygen atoms in total. The van der Waals surface area contributed by atoms with Gasteiger partial charge in [-0.25, -0.2) is 22.5 Å². The number of amides is 2. The lowest BCUT2D eigenvalue weighted by molar-refractivity contribution is 0.259. The number of benzene rings is 1. The van der Waals surface area contributed by atoms with Crippen LogP contribution in [0.2, 0.25) is 0 Å². The molecular formula is C20H22F2N4O3S. The van der Waals surface area contributed by atoms with Gasteiger partial charge in [-0.2, -0.15) is 5.10 Å². The Kier molecular flexibility index (Phi) is 4.39. The third-order valence-corrected chi connectivity index (χ3v) is 7.11. The van der Waals surface area contributed by atoms with Crippen molar-refractivity contribution in [2.24, 2.45) is 4.36 Å². The quantitative estimate of drug-likeness (QED) is 0.708. The zero-order valence-electron chi connectivity index (χ0n) is 16.7. The third kappa shape index (κ3) is 2.91. The van der Waals surface area contributed by atoms with Crippen LogP contribution < -0.4 is 10.1 Å². The summed E-state index contributed by atoms with van der Waals surface area (Å²) in [4.78, 5) is 12.8. The van der Waals surface area contributed by atoms with Gasteiger partial charge < -0.3 is 10.1 Å². The van der Waals surface area contributed by atoms with Gasteiger partial charge >= 0.3 is 6.03 Å². The summed E-state index contributed by atoms with van der Waals surface area (Å²) in [5.74, 6) is 0.00960. The maximum atomic E-state index is 14.8. The number of alkyl halides is 1. The molecule has 0 bridgehead atoms. The van der Waals surface area contributed by atoms with Crippen molar-refractivity contribution >= 4 is 22.3 Å². The fourth-order valence-electron chi connectivity index (χ4n) is 4.61. The van der Waals surface area contributed by atoms with Crippen molar-refractivity contribution in [3.05, 3.63) is 34.3 Å². The highest BCUT2D eigenvalue weighted by Gasteiger charge is 2.35. The van der Waals surface area contributed by atoms with Crippen LogP contribution in [0.5, 0.6) is 5.88 Å². The molecule has 2 amide bonds. The van der Waals surface area contributed by atoms with Crippen LogP contribution in [0.3, 0.4) is 0 Å². The molecule has 1 N–H and O–H groups in total. The van der Waals surface area contributed by atoms with Crippen molar-refractivity contribution in [2.75, 3.05) is 11.9 Å². The Hall–Kier alpha value is -2.49. The van der Waals surface area contributed by atoms with Gasteiger partial charge in [0.25, 0.3) is 0 Å². The molecule has 3 aliphatic rings. The molecule has 0 radical (unpaired) electrons. The molecule has 160 valence electrons. The number of thiol groups is 1. The molecule has 2 atom stereocenters. The molecule has 0 saturated heterocycles. The Labute approximate surface area is 174 Å². The number of carbonyl (C=O) groups is 1. The van der Waals surface area contributed by atoms with Gasteiger partial charge in [-0.05, 0) is 55.4 Å². The molecule has 0 spiro atoms. The number of nitrogens with zero attached hydrogens (tertiary/aromatic N) is 3. The van der Waals surface area contributed by atoms with Crippen LogP contribution in [-0.2, 0) is 41.8 Å². The molecule has 30 heavy (non-hydrogen) atoms. The molecule has 1 aromatic heterocycles. The fraction of sp³-hybridized carbons (Fsp3) is 0.500. The third-order valence-electron chi connectivity index (χ3n) is 6.03. The Morgan fingerprint density at radius 1 is 1.30 bits per heavy atom. The van der Waals surface area contributed by atoms with Gasteiger partial charge in [0.2, 0.25) is 5.88 Å². The van der Waals surface area contributed by atoms with Gasteiger partial charge in [0.1, 0.15) is 23.5 Å². The van der Waals surface area contributed by atoms with E-state index in [0.29, 0.717) is 53.3 Å². The molecule has 1 aromatic carbocycles. The van der Waals surface area contributed by atoms with E-state index in [1.54, 1.807) is 4.68 Å². The molecule has 1 aliphatic heterocycles. The van der Waals surface area contributed by atoms with Crippen molar-refractivity contribution in [2.45, 2.75) is 62.6 Å². The zero-order valence-corrected chi connectivity index (χ0v) is 17.6. The Bertz CT molecular complexity index is 1170. The van der Waals surface area contributed by atoms with Crippen molar-refractivity contribution in [3.8, 4) is 5.88 Å². The first-order valence-electron chi connectivity index (χ1n) is 9.96. The van der Waals surface area contributed by atoms with Gasteiger partial charge in [0.05, 0.1) is 22.3 Å². The van der Waals surface area contributed by atoms with E-state index in [9.17, 15) is 17.8 Å². The number of fused-ring (bicyclic) bond motifs is 3. The van der Waals surface area contributed by atoms with E-state index >= 15 is 0 Å². The second-order valence-electron chi connectivity index (χ2n) is 8.61. The lowest BCUT2D eigenvalue weighted by Crippen LogP contribution is -2.26. The maximum Gasteiger partial charge on any atom is 0.353 e. The van der Waals surface area contributed by atoms with E-state index in [2.05, 4.69) is 14.8 Å². The first-order valence-corrected chi connectivity index (χ1v) is 11.2. The highest BCUT2D eigenvalue weighted by molar-refractivity contribution is 7.75. The Morgan fingerprint density at radius 2 is 2.03 bits per heavy atom. The number of urea groups is 1. The summed E-state index contributed by atoms with van der Waals surface area (Å²) in [6, 6.07) is -0.807. The SMILES string of the molecule is CC1(C)COc2c([SH](=O)=NC(=O)Nc3c4c(c(F)c5c3C[C@@H](F)C5)CCC4)cnn21. The fourth-order valence-corrected chi connectivity index (χ4v) is 5.41. The van der Waals surface area contributed by atoms with Crippen LogP contribution >= 0.6 is 0 Å². The summed E-state index contributed by atoms with van der Waals surface area (Å²) < 4.78 is 52.5. The number of aromatic nitrogens is 2. The van der Waals surface area contributed by atoms with Crippen LogP contribution in [0.4, 0.5) is 19.3 Å². The van der Waals surface area contributed by atoms with E-state index in [0.717, 1.165) is 6.42 Å². The predicted molar refractivity (Wildman–Crippen MR) is 107 cm³/mol. The van der Waals surface area contributed by atoms with E-state index in [1.807, 2.05) is 13.8 Å². The number of hydrogen-bond acceptors (Lipinski definition) is 4. The van der Waals surface area contributed by atoms with Crippen LogP contribution in [0, 0.1) is 5.82 Å². The number of carbonyl (C=O) groups excluding carboxylic acids is 1. The number of anilines is 1. The van der Waals surface area contributed by atoms with E-state index < -0.39 is 22.8 Å². The van der Waals surface area contributed by atoms with E-state index in [-0.39, 0.29) is 29.1 Å². The number of rotatable bonds is 2. The zero-order chi connectivity index (χ0) is 21.2. The van der Waals surface area contributed by atoms with Crippen molar-refractivity contribution in [3.63, 3.8) is 0 Å². The topological polar surface area (TPSA) is 85.6 Å². The monoisotopic (exact) mass is 436 g/mol. The number of halogens is 2. The maximum absolute atomic E-state index is 14.8. The molecule has 10 heteroatoms. The summed E-state index contributed by atoms with van der Waals surface area (Å²) in [5.41, 5.74) is 2.16. The van der Waals surface area contributed by atoms with Gasteiger partial charge in [-0.3, -0.25) is 0 Å². The molecule has 5 rings (SSSR count). The van der Waals surface area contributed by atoms with Crippen LogP contribution in [0.1, 0.15) is 42.5 Å². The molecule has 2 aromatic rings. The summed E-state index contributed by atoms with van der Waals surface area (Å²) >= 11 is 0. The van der Waals surface area contributed by atoms with Gasteiger partial charge in [-0.1, -0.05) is 0 Å². The minimum absolute atomic E-state index is 0.0123.